The highest BCUT2D eigenvalue weighted by molar-refractivity contribution is 5.87. The van der Waals surface area contributed by atoms with Gasteiger partial charge in [-0.05, 0) is 36.8 Å². The van der Waals surface area contributed by atoms with Gasteiger partial charge in [-0.1, -0.05) is 6.58 Å². The number of imidazole rings is 1. The summed E-state index contributed by atoms with van der Waals surface area (Å²) >= 11 is 0. The molecule has 1 unspecified atom stereocenters. The third kappa shape index (κ3) is 4.04. The van der Waals surface area contributed by atoms with E-state index < -0.39 is 5.82 Å². The zero-order valence-corrected chi connectivity index (χ0v) is 18.6. The van der Waals surface area contributed by atoms with Gasteiger partial charge in [-0.2, -0.15) is 5.26 Å². The first-order chi connectivity index (χ1) is 17.0. The SMILES string of the molecule is C=CC(=O)N1CCC(c2nc(-c3ccc(Oc4cc(C#N)ccn4)cc3F)n3c(N)nccc23)C1. The fourth-order valence-corrected chi connectivity index (χ4v) is 4.27. The number of anilines is 1. The number of fused-ring (bicyclic) bond motifs is 1. The van der Waals surface area contributed by atoms with E-state index in [1.165, 1.54) is 24.4 Å². The van der Waals surface area contributed by atoms with Gasteiger partial charge < -0.3 is 15.4 Å². The van der Waals surface area contributed by atoms with Crippen molar-refractivity contribution in [2.45, 2.75) is 12.3 Å². The van der Waals surface area contributed by atoms with Crippen LogP contribution in [0.4, 0.5) is 10.3 Å². The molecule has 4 heterocycles. The number of aromatic nitrogens is 4. The van der Waals surface area contributed by atoms with E-state index >= 15 is 4.39 Å². The lowest BCUT2D eigenvalue weighted by Gasteiger charge is -2.13. The number of nitrogen functional groups attached to an aromatic ring is 1. The number of hydrogen-bond donors (Lipinski definition) is 1. The third-order valence-electron chi connectivity index (χ3n) is 5.94. The molecule has 1 saturated heterocycles. The number of nitrogens with two attached hydrogens (primary N) is 1. The monoisotopic (exact) mass is 469 g/mol. The highest BCUT2D eigenvalue weighted by Gasteiger charge is 2.31. The highest BCUT2D eigenvalue weighted by atomic mass is 19.1. The number of amides is 1. The summed E-state index contributed by atoms with van der Waals surface area (Å²) in [6, 6.07) is 11.2. The molecular formula is C25H20FN7O2. The third-order valence-corrected chi connectivity index (χ3v) is 5.94. The van der Waals surface area contributed by atoms with Crippen molar-refractivity contribution in [3.63, 3.8) is 0 Å². The predicted molar refractivity (Wildman–Crippen MR) is 126 cm³/mol. The second-order valence-electron chi connectivity index (χ2n) is 8.06. The predicted octanol–water partition coefficient (Wildman–Crippen LogP) is 3.68. The quantitative estimate of drug-likeness (QED) is 0.442. The van der Waals surface area contributed by atoms with Crippen LogP contribution in [0.2, 0.25) is 0 Å². The van der Waals surface area contributed by atoms with E-state index in [9.17, 15) is 4.79 Å². The van der Waals surface area contributed by atoms with Gasteiger partial charge in [-0.25, -0.2) is 19.3 Å². The van der Waals surface area contributed by atoms with Crippen LogP contribution in [0.15, 0.2) is 61.4 Å². The molecule has 0 saturated carbocycles. The lowest BCUT2D eigenvalue weighted by Crippen LogP contribution is -2.26. The summed E-state index contributed by atoms with van der Waals surface area (Å²) in [5.41, 5.74) is 8.20. The van der Waals surface area contributed by atoms with Gasteiger partial charge in [0, 0.05) is 43.5 Å². The minimum Gasteiger partial charge on any atom is -0.439 e. The van der Waals surface area contributed by atoms with Crippen LogP contribution in [0.25, 0.3) is 16.9 Å². The van der Waals surface area contributed by atoms with Crippen LogP contribution >= 0.6 is 0 Å². The molecule has 4 aromatic rings. The Morgan fingerprint density at radius 3 is 2.86 bits per heavy atom. The van der Waals surface area contributed by atoms with E-state index in [4.69, 9.17) is 20.7 Å². The maximum atomic E-state index is 15.3. The maximum absolute atomic E-state index is 15.3. The zero-order chi connectivity index (χ0) is 24.5. The largest absolute Gasteiger partial charge is 0.439 e. The summed E-state index contributed by atoms with van der Waals surface area (Å²) in [7, 11) is 0. The van der Waals surface area contributed by atoms with Gasteiger partial charge in [-0.3, -0.25) is 9.20 Å². The zero-order valence-electron chi connectivity index (χ0n) is 18.6. The molecular weight excluding hydrogens is 449 g/mol. The summed E-state index contributed by atoms with van der Waals surface area (Å²) in [4.78, 5) is 26.7. The number of rotatable bonds is 5. The standard InChI is InChI=1S/C25H20FN7O2/c1-2-22(34)32-10-7-16(14-32)23-20-6-9-30-25(28)33(20)24(31-23)18-4-3-17(12-19(18)26)35-21-11-15(13-27)5-8-29-21/h2-6,8-9,11-12,16H,1,7,10,14H2,(H2,28,30). The molecule has 5 rings (SSSR count). The van der Waals surface area contributed by atoms with Crippen LogP contribution in [0.3, 0.4) is 0 Å². The Hall–Kier alpha value is -4.78. The first-order valence-electron chi connectivity index (χ1n) is 10.9. The Morgan fingerprint density at radius 1 is 1.26 bits per heavy atom. The molecule has 174 valence electrons. The second-order valence-corrected chi connectivity index (χ2v) is 8.06. The lowest BCUT2D eigenvalue weighted by atomic mass is 10.0. The average molecular weight is 469 g/mol. The van der Waals surface area contributed by atoms with E-state index in [2.05, 4.69) is 16.5 Å². The van der Waals surface area contributed by atoms with Gasteiger partial charge >= 0.3 is 0 Å². The summed E-state index contributed by atoms with van der Waals surface area (Å²) in [5, 5.41) is 9.04. The van der Waals surface area contributed by atoms with Gasteiger partial charge in [0.1, 0.15) is 11.6 Å². The molecule has 3 aromatic heterocycles. The molecule has 10 heteroatoms. The van der Waals surface area contributed by atoms with Crippen LogP contribution < -0.4 is 10.5 Å². The highest BCUT2D eigenvalue weighted by Crippen LogP contribution is 2.35. The molecule has 35 heavy (non-hydrogen) atoms. The summed E-state index contributed by atoms with van der Waals surface area (Å²) in [6.45, 7) is 4.63. The van der Waals surface area contributed by atoms with Gasteiger partial charge in [0.2, 0.25) is 17.7 Å². The van der Waals surface area contributed by atoms with Gasteiger partial charge in [0.25, 0.3) is 0 Å². The van der Waals surface area contributed by atoms with Crippen LogP contribution in [0, 0.1) is 17.1 Å². The lowest BCUT2D eigenvalue weighted by molar-refractivity contribution is -0.125. The molecule has 0 bridgehead atoms. The number of nitrogens with zero attached hydrogens (tertiary/aromatic N) is 6. The van der Waals surface area contributed by atoms with Crippen LogP contribution in [0.5, 0.6) is 11.6 Å². The second kappa shape index (κ2) is 8.87. The normalized spacial score (nSPS) is 15.2. The Bertz CT molecular complexity index is 1510. The van der Waals surface area contributed by atoms with Gasteiger partial charge in [0.05, 0.1) is 28.4 Å². The molecule has 1 fully saturated rings. The van der Waals surface area contributed by atoms with Gasteiger partial charge in [0.15, 0.2) is 5.82 Å². The Morgan fingerprint density at radius 2 is 2.09 bits per heavy atom. The number of ether oxygens (including phenoxy) is 1. The van der Waals surface area contributed by atoms with E-state index in [1.54, 1.807) is 39.8 Å². The number of pyridine rings is 1. The van der Waals surface area contributed by atoms with Crippen molar-refractivity contribution in [2.24, 2.45) is 0 Å². The smallest absolute Gasteiger partial charge is 0.245 e. The Kier molecular flexibility index (Phi) is 5.58. The molecule has 0 spiro atoms. The van der Waals surface area contributed by atoms with Crippen molar-refractivity contribution >= 4 is 17.4 Å². The van der Waals surface area contributed by atoms with Gasteiger partial charge in [-0.15, -0.1) is 0 Å². The van der Waals surface area contributed by atoms with Crippen molar-refractivity contribution < 1.29 is 13.9 Å². The number of benzene rings is 1. The summed E-state index contributed by atoms with van der Waals surface area (Å²) in [6.07, 6.45) is 5.04. The Labute approximate surface area is 199 Å². The average Bonchev–Trinajstić information content (AvgIpc) is 3.50. The number of nitriles is 1. The van der Waals surface area contributed by atoms with Crippen LogP contribution in [0.1, 0.15) is 23.6 Å². The van der Waals surface area contributed by atoms with Crippen molar-refractivity contribution in [3.8, 4) is 29.1 Å². The fourth-order valence-electron chi connectivity index (χ4n) is 4.27. The van der Waals surface area contributed by atoms with E-state index in [-0.39, 0.29) is 35.0 Å². The Balaban J connectivity index is 1.52. The van der Waals surface area contributed by atoms with Crippen LogP contribution in [-0.2, 0) is 4.79 Å². The molecule has 1 amide bonds. The number of likely N-dealkylation sites (tertiary alicyclic amines) is 1. The number of halogens is 1. The maximum Gasteiger partial charge on any atom is 0.245 e. The molecule has 2 N–H and O–H groups in total. The molecule has 0 aliphatic carbocycles. The van der Waals surface area contributed by atoms with E-state index in [0.29, 0.717) is 30.0 Å². The molecule has 9 nitrogen and oxygen atoms in total. The van der Waals surface area contributed by atoms with Crippen LogP contribution in [-0.4, -0.2) is 43.2 Å². The first kappa shape index (κ1) is 22.0. The number of carbonyl (C=O) groups excluding carboxylic acids is 1. The van der Waals surface area contributed by atoms with Crippen molar-refractivity contribution in [2.75, 3.05) is 18.8 Å². The number of carbonyl (C=O) groups is 1. The van der Waals surface area contributed by atoms with Crippen molar-refractivity contribution in [1.82, 2.24) is 24.3 Å². The molecule has 1 aliphatic heterocycles. The topological polar surface area (TPSA) is 122 Å². The van der Waals surface area contributed by atoms with E-state index in [0.717, 1.165) is 12.1 Å². The van der Waals surface area contributed by atoms with Crippen molar-refractivity contribution in [1.29, 1.82) is 5.26 Å². The molecule has 1 atom stereocenters. The minimum atomic E-state index is -0.574. The summed E-state index contributed by atoms with van der Waals surface area (Å²) in [5.74, 6) is 0.139. The molecule has 1 aliphatic rings. The summed E-state index contributed by atoms with van der Waals surface area (Å²) < 4.78 is 22.6. The van der Waals surface area contributed by atoms with E-state index in [1.807, 2.05) is 6.07 Å². The fraction of sp³-hybridized carbons (Fsp3) is 0.160. The van der Waals surface area contributed by atoms with Crippen molar-refractivity contribution in [3.05, 3.63) is 78.5 Å². The molecule has 1 aromatic carbocycles. The first-order valence-corrected chi connectivity index (χ1v) is 10.9. The molecule has 0 radical (unpaired) electrons. The number of hydrogen-bond acceptors (Lipinski definition) is 7. The minimum absolute atomic E-state index is 0.0337.